The summed E-state index contributed by atoms with van der Waals surface area (Å²) in [7, 11) is 0. The van der Waals surface area contributed by atoms with E-state index in [0.29, 0.717) is 0 Å². The van der Waals surface area contributed by atoms with Crippen molar-refractivity contribution in [1.82, 2.24) is 0 Å². The largest absolute Gasteiger partial charge is 0.454 e. The number of ether oxygens (including phenoxy) is 2. The number of rotatable bonds is 1. The van der Waals surface area contributed by atoms with E-state index in [1.807, 2.05) is 0 Å². The molecule has 94 valence electrons. The zero-order chi connectivity index (χ0) is 12.5. The maximum atomic E-state index is 11.5. The second kappa shape index (κ2) is 4.67. The third-order valence-corrected chi connectivity index (χ3v) is 2.31. The summed E-state index contributed by atoms with van der Waals surface area (Å²) in [5, 5.41) is 28.3. The lowest BCUT2D eigenvalue weighted by atomic mass is 9.97. The monoisotopic (exact) mass is 234 g/mol. The van der Waals surface area contributed by atoms with Gasteiger partial charge in [-0.1, -0.05) is 0 Å². The third kappa shape index (κ3) is 2.91. The third-order valence-electron chi connectivity index (χ3n) is 2.31. The van der Waals surface area contributed by atoms with E-state index in [2.05, 4.69) is 0 Å². The van der Waals surface area contributed by atoms with Crippen molar-refractivity contribution in [2.45, 2.75) is 45.4 Å². The number of carbonyl (C=O) groups is 1. The van der Waals surface area contributed by atoms with Gasteiger partial charge in [-0.3, -0.25) is 4.79 Å². The van der Waals surface area contributed by atoms with Crippen molar-refractivity contribution in [3.63, 3.8) is 0 Å². The van der Waals surface area contributed by atoms with Crippen molar-refractivity contribution in [1.29, 1.82) is 0 Å². The molecule has 1 rings (SSSR count). The Morgan fingerprint density at radius 3 is 2.38 bits per heavy atom. The Morgan fingerprint density at radius 2 is 1.88 bits per heavy atom. The smallest absolute Gasteiger partial charge is 0.311 e. The Kier molecular flexibility index (Phi) is 3.90. The fourth-order valence-electron chi connectivity index (χ4n) is 1.21. The van der Waals surface area contributed by atoms with Crippen molar-refractivity contribution in [2.75, 3.05) is 6.61 Å². The summed E-state index contributed by atoms with van der Waals surface area (Å²) in [5.41, 5.74) is -0.748. The highest BCUT2D eigenvalue weighted by Gasteiger charge is 2.42. The molecule has 0 aliphatic carbocycles. The van der Waals surface area contributed by atoms with Crippen LogP contribution in [0, 0.1) is 5.41 Å². The van der Waals surface area contributed by atoms with Crippen LogP contribution in [0.5, 0.6) is 0 Å². The molecule has 1 fully saturated rings. The summed E-state index contributed by atoms with van der Waals surface area (Å²) in [4.78, 5) is 11.5. The van der Waals surface area contributed by atoms with E-state index in [1.165, 1.54) is 0 Å². The number of carbonyl (C=O) groups excluding carboxylic acids is 1. The molecule has 16 heavy (non-hydrogen) atoms. The quantitative estimate of drug-likeness (QED) is 0.504. The molecule has 0 unspecified atom stereocenters. The predicted octanol–water partition coefficient (Wildman–Crippen LogP) is -0.985. The van der Waals surface area contributed by atoms with Gasteiger partial charge in [-0.2, -0.15) is 0 Å². The highest BCUT2D eigenvalue weighted by Crippen LogP contribution is 2.22. The molecule has 1 heterocycles. The van der Waals surface area contributed by atoms with Crippen LogP contribution in [0.1, 0.15) is 20.8 Å². The molecule has 3 N–H and O–H groups in total. The minimum Gasteiger partial charge on any atom is -0.454 e. The Bertz CT molecular complexity index is 259. The Hall–Kier alpha value is -0.690. The summed E-state index contributed by atoms with van der Waals surface area (Å²) in [6.45, 7) is 4.75. The number of esters is 1. The molecule has 1 saturated heterocycles. The molecule has 0 amide bonds. The minimum absolute atomic E-state index is 0.189. The maximum Gasteiger partial charge on any atom is 0.311 e. The first-order valence-corrected chi connectivity index (χ1v) is 5.10. The zero-order valence-electron chi connectivity index (χ0n) is 9.58. The minimum atomic E-state index is -1.41. The summed E-state index contributed by atoms with van der Waals surface area (Å²) in [5.74, 6) is -0.576. The van der Waals surface area contributed by atoms with Crippen LogP contribution in [-0.2, 0) is 14.3 Å². The van der Waals surface area contributed by atoms with Crippen LogP contribution in [0.15, 0.2) is 0 Å². The first-order valence-electron chi connectivity index (χ1n) is 5.10. The molecule has 0 bridgehead atoms. The average molecular weight is 234 g/mol. The van der Waals surface area contributed by atoms with E-state index < -0.39 is 36.0 Å². The second-order valence-corrected chi connectivity index (χ2v) is 4.90. The zero-order valence-corrected chi connectivity index (χ0v) is 9.58. The van der Waals surface area contributed by atoms with Gasteiger partial charge in [0.2, 0.25) is 0 Å². The normalized spacial score (nSPS) is 35.9. The van der Waals surface area contributed by atoms with Crippen LogP contribution in [0.25, 0.3) is 0 Å². The molecule has 0 saturated carbocycles. The molecule has 0 aromatic carbocycles. The van der Waals surface area contributed by atoms with Crippen molar-refractivity contribution in [3.05, 3.63) is 0 Å². The van der Waals surface area contributed by atoms with Crippen molar-refractivity contribution < 1.29 is 29.6 Å². The molecule has 0 radical (unpaired) electrons. The highest BCUT2D eigenvalue weighted by molar-refractivity contribution is 5.75. The fraction of sp³-hybridized carbons (Fsp3) is 0.900. The molecule has 4 atom stereocenters. The summed E-state index contributed by atoms with van der Waals surface area (Å²) in [6.07, 6.45) is -5.17. The van der Waals surface area contributed by atoms with E-state index in [1.54, 1.807) is 20.8 Å². The number of aliphatic hydroxyl groups is 3. The summed E-state index contributed by atoms with van der Waals surface area (Å²) in [6, 6.07) is 0. The van der Waals surface area contributed by atoms with Gasteiger partial charge in [0.1, 0.15) is 12.2 Å². The molecule has 0 aromatic heterocycles. The summed E-state index contributed by atoms with van der Waals surface area (Å²) < 4.78 is 9.68. The lowest BCUT2D eigenvalue weighted by molar-refractivity contribution is -0.262. The SMILES string of the molecule is CC(C)(C)C(=O)O[C@H]1[C@H](O)[C@H](O)CO[C@@H]1O. The van der Waals surface area contributed by atoms with Gasteiger partial charge in [0, 0.05) is 0 Å². The summed E-state index contributed by atoms with van der Waals surface area (Å²) >= 11 is 0. The second-order valence-electron chi connectivity index (χ2n) is 4.90. The Labute approximate surface area is 93.8 Å². The first-order chi connectivity index (χ1) is 7.23. The molecule has 1 aliphatic heterocycles. The van der Waals surface area contributed by atoms with E-state index >= 15 is 0 Å². The number of hydrogen-bond acceptors (Lipinski definition) is 6. The predicted molar refractivity (Wildman–Crippen MR) is 53.3 cm³/mol. The number of aliphatic hydroxyl groups excluding tert-OH is 3. The standard InChI is InChI=1S/C10H18O6/c1-10(2,3)9(14)16-7-6(12)5(11)4-15-8(7)13/h5-8,11-13H,4H2,1-3H3/t5-,6-,7+,8+/m1/s1. The average Bonchev–Trinajstić information content (AvgIpc) is 2.17. The van der Waals surface area contributed by atoms with E-state index in [-0.39, 0.29) is 6.61 Å². The topological polar surface area (TPSA) is 96.2 Å². The van der Waals surface area contributed by atoms with Crippen LogP contribution >= 0.6 is 0 Å². The van der Waals surface area contributed by atoms with E-state index in [4.69, 9.17) is 9.47 Å². The van der Waals surface area contributed by atoms with Crippen LogP contribution < -0.4 is 0 Å². The molecular weight excluding hydrogens is 216 g/mol. The molecular formula is C10H18O6. The molecule has 1 aliphatic rings. The van der Waals surface area contributed by atoms with E-state index in [9.17, 15) is 20.1 Å². The van der Waals surface area contributed by atoms with Gasteiger partial charge in [-0.05, 0) is 20.8 Å². The van der Waals surface area contributed by atoms with Gasteiger partial charge in [0.25, 0.3) is 0 Å². The van der Waals surface area contributed by atoms with Crippen LogP contribution in [0.3, 0.4) is 0 Å². The van der Waals surface area contributed by atoms with Gasteiger partial charge in [0.05, 0.1) is 12.0 Å². The highest BCUT2D eigenvalue weighted by atomic mass is 16.7. The molecule has 6 nitrogen and oxygen atoms in total. The van der Waals surface area contributed by atoms with Crippen molar-refractivity contribution >= 4 is 5.97 Å². The van der Waals surface area contributed by atoms with Crippen LogP contribution in [0.2, 0.25) is 0 Å². The number of hydrogen-bond donors (Lipinski definition) is 3. The van der Waals surface area contributed by atoms with Crippen LogP contribution in [-0.4, -0.2) is 52.5 Å². The van der Waals surface area contributed by atoms with Crippen molar-refractivity contribution in [3.8, 4) is 0 Å². The maximum absolute atomic E-state index is 11.5. The Balaban J connectivity index is 2.67. The fourth-order valence-corrected chi connectivity index (χ4v) is 1.21. The Morgan fingerprint density at radius 1 is 1.31 bits per heavy atom. The van der Waals surface area contributed by atoms with Gasteiger partial charge >= 0.3 is 5.97 Å². The van der Waals surface area contributed by atoms with Gasteiger partial charge in [-0.15, -0.1) is 0 Å². The molecule has 0 aromatic rings. The van der Waals surface area contributed by atoms with E-state index in [0.717, 1.165) is 0 Å². The van der Waals surface area contributed by atoms with Gasteiger partial charge < -0.3 is 24.8 Å². The lowest BCUT2D eigenvalue weighted by Gasteiger charge is -2.36. The molecule has 6 heteroatoms. The van der Waals surface area contributed by atoms with Crippen LogP contribution in [0.4, 0.5) is 0 Å². The van der Waals surface area contributed by atoms with Crippen molar-refractivity contribution in [2.24, 2.45) is 5.41 Å². The van der Waals surface area contributed by atoms with Gasteiger partial charge in [-0.25, -0.2) is 0 Å². The van der Waals surface area contributed by atoms with Gasteiger partial charge in [0.15, 0.2) is 12.4 Å². The molecule has 0 spiro atoms. The first kappa shape index (κ1) is 13.4. The lowest BCUT2D eigenvalue weighted by Crippen LogP contribution is -2.55.